The number of carbonyl (C=O) groups is 1. The molecule has 0 radical (unpaired) electrons. The highest BCUT2D eigenvalue weighted by Crippen LogP contribution is 2.24. The van der Waals surface area contributed by atoms with Crippen LogP contribution in [-0.2, 0) is 14.6 Å². The Morgan fingerprint density at radius 1 is 1.00 bits per heavy atom. The van der Waals surface area contributed by atoms with Gasteiger partial charge in [0.25, 0.3) is 0 Å². The fraction of sp³-hybridized carbons (Fsp3) is 0.409. The molecule has 1 heterocycles. The van der Waals surface area contributed by atoms with Gasteiger partial charge in [0.1, 0.15) is 11.4 Å². The van der Waals surface area contributed by atoms with Crippen molar-refractivity contribution in [3.05, 3.63) is 54.3 Å². The summed E-state index contributed by atoms with van der Waals surface area (Å²) >= 11 is 0. The number of halogens is 1. The van der Waals surface area contributed by atoms with Gasteiger partial charge in [-0.1, -0.05) is 0 Å². The predicted octanol–water partition coefficient (Wildman–Crippen LogP) is 4.47. The highest BCUT2D eigenvalue weighted by Gasteiger charge is 2.27. The summed E-state index contributed by atoms with van der Waals surface area (Å²) in [7, 11) is -3.69. The molecule has 0 bridgehead atoms. The molecule has 1 aliphatic rings. The minimum absolute atomic E-state index is 0.0547. The molecule has 2 aromatic rings. The Morgan fingerprint density at radius 2 is 1.50 bits per heavy atom. The Labute approximate surface area is 177 Å². The average Bonchev–Trinajstić information content (AvgIpc) is 2.68. The van der Waals surface area contributed by atoms with Crippen LogP contribution in [0.2, 0.25) is 0 Å². The van der Waals surface area contributed by atoms with Crippen molar-refractivity contribution in [3.63, 3.8) is 0 Å². The molecule has 2 aromatic carbocycles. The largest absolute Gasteiger partial charge is 0.444 e. The van der Waals surface area contributed by atoms with Gasteiger partial charge in [-0.3, -0.25) is 0 Å². The van der Waals surface area contributed by atoms with Crippen LogP contribution >= 0.6 is 0 Å². The van der Waals surface area contributed by atoms with Gasteiger partial charge in [0.15, 0.2) is 0 Å². The molecule has 1 N–H and O–H groups in total. The Hall–Kier alpha value is -2.61. The van der Waals surface area contributed by atoms with Crippen LogP contribution < -0.4 is 5.32 Å². The summed E-state index contributed by atoms with van der Waals surface area (Å²) in [5.41, 5.74) is 0.297. The summed E-state index contributed by atoms with van der Waals surface area (Å²) < 4.78 is 43.8. The van der Waals surface area contributed by atoms with Crippen LogP contribution in [-0.4, -0.2) is 44.1 Å². The maximum atomic E-state index is 13.1. The number of nitrogens with zero attached hydrogens (tertiary/aromatic N) is 1. The van der Waals surface area contributed by atoms with E-state index in [4.69, 9.17) is 4.74 Å². The van der Waals surface area contributed by atoms with E-state index >= 15 is 0 Å². The lowest BCUT2D eigenvalue weighted by atomic mass is 10.0. The Kier molecular flexibility index (Phi) is 6.36. The molecule has 1 fully saturated rings. The summed E-state index contributed by atoms with van der Waals surface area (Å²) in [6, 6.07) is 11.5. The van der Waals surface area contributed by atoms with Crippen molar-refractivity contribution in [1.29, 1.82) is 0 Å². The third-order valence-corrected chi connectivity index (χ3v) is 6.59. The molecule has 1 saturated heterocycles. The molecule has 8 heteroatoms. The summed E-state index contributed by atoms with van der Waals surface area (Å²) in [6.45, 7) is 6.74. The van der Waals surface area contributed by atoms with E-state index in [1.807, 2.05) is 20.8 Å². The van der Waals surface area contributed by atoms with Gasteiger partial charge >= 0.3 is 6.09 Å². The summed E-state index contributed by atoms with van der Waals surface area (Å²) in [5, 5.41) is 3.39. The zero-order chi connectivity index (χ0) is 21.9. The molecule has 162 valence electrons. The molecule has 1 amide bonds. The number of ether oxygens (including phenoxy) is 1. The Morgan fingerprint density at radius 3 is 2.00 bits per heavy atom. The first-order valence-electron chi connectivity index (χ1n) is 9.90. The second-order valence-corrected chi connectivity index (χ2v) is 10.3. The lowest BCUT2D eigenvalue weighted by Gasteiger charge is -2.34. The second-order valence-electron chi connectivity index (χ2n) is 8.37. The van der Waals surface area contributed by atoms with Crippen LogP contribution in [0.4, 0.5) is 14.9 Å². The first-order valence-corrected chi connectivity index (χ1v) is 11.4. The molecular formula is C22H27FN2O4S. The minimum atomic E-state index is -3.69. The number of benzene rings is 2. The van der Waals surface area contributed by atoms with Gasteiger partial charge in [-0.25, -0.2) is 17.6 Å². The summed E-state index contributed by atoms with van der Waals surface area (Å²) in [6.07, 6.45) is 1.25. The molecule has 0 aliphatic carbocycles. The van der Waals surface area contributed by atoms with E-state index in [1.165, 1.54) is 24.3 Å². The first kappa shape index (κ1) is 22.1. The normalized spacial score (nSPS) is 15.7. The fourth-order valence-electron chi connectivity index (χ4n) is 3.25. The van der Waals surface area contributed by atoms with Crippen molar-refractivity contribution in [1.82, 2.24) is 4.90 Å². The van der Waals surface area contributed by atoms with E-state index in [1.54, 1.807) is 17.0 Å². The van der Waals surface area contributed by atoms with Crippen LogP contribution in [0.5, 0.6) is 0 Å². The quantitative estimate of drug-likeness (QED) is 0.719. The van der Waals surface area contributed by atoms with Crippen molar-refractivity contribution in [2.75, 3.05) is 18.4 Å². The second kappa shape index (κ2) is 8.63. The van der Waals surface area contributed by atoms with Crippen molar-refractivity contribution < 1.29 is 22.3 Å². The van der Waals surface area contributed by atoms with Gasteiger partial charge in [-0.05, 0) is 82.1 Å². The smallest absolute Gasteiger partial charge is 0.410 e. The van der Waals surface area contributed by atoms with E-state index in [0.29, 0.717) is 13.1 Å². The third-order valence-electron chi connectivity index (χ3n) is 4.81. The molecule has 0 atom stereocenters. The maximum Gasteiger partial charge on any atom is 0.410 e. The predicted molar refractivity (Wildman–Crippen MR) is 113 cm³/mol. The van der Waals surface area contributed by atoms with Gasteiger partial charge in [0.05, 0.1) is 9.79 Å². The van der Waals surface area contributed by atoms with Gasteiger partial charge in [0, 0.05) is 24.8 Å². The van der Waals surface area contributed by atoms with Crippen molar-refractivity contribution in [2.45, 2.75) is 55.0 Å². The number of piperidine rings is 1. The highest BCUT2D eigenvalue weighted by molar-refractivity contribution is 7.91. The number of hydrogen-bond acceptors (Lipinski definition) is 5. The number of sulfone groups is 1. The fourth-order valence-corrected chi connectivity index (χ4v) is 4.51. The van der Waals surface area contributed by atoms with Gasteiger partial charge in [-0.15, -0.1) is 0 Å². The van der Waals surface area contributed by atoms with E-state index in [-0.39, 0.29) is 21.9 Å². The van der Waals surface area contributed by atoms with Gasteiger partial charge in [0.2, 0.25) is 9.84 Å². The number of hydrogen-bond donors (Lipinski definition) is 1. The summed E-state index contributed by atoms with van der Waals surface area (Å²) in [4.78, 5) is 14.1. The standard InChI is InChI=1S/C22H27FN2O4S/c1-22(2,3)29-21(26)25-14-12-18(13-15-25)24-17-6-10-20(11-7-17)30(27,28)19-8-4-16(23)5-9-19/h4-11,18,24H,12-15H2,1-3H3. The molecule has 0 saturated carbocycles. The lowest BCUT2D eigenvalue weighted by Crippen LogP contribution is -2.44. The average molecular weight is 435 g/mol. The molecule has 0 unspecified atom stereocenters. The minimum Gasteiger partial charge on any atom is -0.444 e. The number of nitrogens with one attached hydrogen (secondary N) is 1. The number of amides is 1. The Balaban J connectivity index is 1.58. The number of carbonyl (C=O) groups excluding carboxylic acids is 1. The number of likely N-dealkylation sites (tertiary alicyclic amines) is 1. The third kappa shape index (κ3) is 5.50. The Bertz CT molecular complexity index is 975. The highest BCUT2D eigenvalue weighted by atomic mass is 32.2. The zero-order valence-electron chi connectivity index (χ0n) is 17.4. The van der Waals surface area contributed by atoms with Crippen LogP contribution in [0.3, 0.4) is 0 Å². The SMILES string of the molecule is CC(C)(C)OC(=O)N1CCC(Nc2ccc(S(=O)(=O)c3ccc(F)cc3)cc2)CC1. The number of rotatable bonds is 4. The summed E-state index contributed by atoms with van der Waals surface area (Å²) in [5.74, 6) is -0.480. The molecule has 0 spiro atoms. The van der Waals surface area contributed by atoms with Gasteiger partial charge < -0.3 is 15.0 Å². The molecule has 1 aliphatic heterocycles. The van der Waals surface area contributed by atoms with E-state index in [2.05, 4.69) is 5.32 Å². The topological polar surface area (TPSA) is 75.7 Å². The number of anilines is 1. The van der Waals surface area contributed by atoms with E-state index < -0.39 is 21.3 Å². The van der Waals surface area contributed by atoms with E-state index in [9.17, 15) is 17.6 Å². The van der Waals surface area contributed by atoms with Gasteiger partial charge in [-0.2, -0.15) is 0 Å². The molecule has 30 heavy (non-hydrogen) atoms. The van der Waals surface area contributed by atoms with Crippen molar-refractivity contribution in [2.24, 2.45) is 0 Å². The maximum absolute atomic E-state index is 13.1. The molecule has 3 rings (SSSR count). The van der Waals surface area contributed by atoms with Crippen molar-refractivity contribution in [3.8, 4) is 0 Å². The van der Waals surface area contributed by atoms with Crippen LogP contribution in [0.15, 0.2) is 58.3 Å². The lowest BCUT2D eigenvalue weighted by molar-refractivity contribution is 0.0210. The first-order chi connectivity index (χ1) is 14.0. The zero-order valence-corrected chi connectivity index (χ0v) is 18.2. The van der Waals surface area contributed by atoms with Crippen LogP contribution in [0.25, 0.3) is 0 Å². The molecule has 6 nitrogen and oxygen atoms in total. The van der Waals surface area contributed by atoms with Crippen LogP contribution in [0.1, 0.15) is 33.6 Å². The van der Waals surface area contributed by atoms with Crippen LogP contribution in [0, 0.1) is 5.82 Å². The monoisotopic (exact) mass is 434 g/mol. The molecule has 0 aromatic heterocycles. The van der Waals surface area contributed by atoms with E-state index in [0.717, 1.165) is 30.7 Å². The molecular weight excluding hydrogens is 407 g/mol. The van der Waals surface area contributed by atoms with Crippen molar-refractivity contribution >= 4 is 21.6 Å².